The first-order valence-electron chi connectivity index (χ1n) is 5.69. The number of aromatic nitrogens is 2. The minimum absolute atomic E-state index is 0.440. The van der Waals surface area contributed by atoms with E-state index in [0.29, 0.717) is 18.1 Å². The third-order valence-electron chi connectivity index (χ3n) is 2.23. The van der Waals surface area contributed by atoms with Crippen LogP contribution >= 0.6 is 27.7 Å². The molecule has 1 rings (SSSR count). The van der Waals surface area contributed by atoms with Crippen molar-refractivity contribution >= 4 is 39.3 Å². The van der Waals surface area contributed by atoms with E-state index in [4.69, 9.17) is 0 Å². The largest absolute Gasteiger partial charge is 0.387 e. The summed E-state index contributed by atoms with van der Waals surface area (Å²) in [6.45, 7) is 5.04. The number of nitrogens with zero attached hydrogens (tertiary/aromatic N) is 2. The zero-order valence-electron chi connectivity index (χ0n) is 10.8. The molecule has 102 valence electrons. The molecule has 0 spiro atoms. The van der Waals surface area contributed by atoms with Crippen molar-refractivity contribution in [2.24, 2.45) is 0 Å². The smallest absolute Gasteiger partial charge is 0.146 e. The molecule has 1 heterocycles. The van der Waals surface area contributed by atoms with Crippen molar-refractivity contribution in [2.75, 3.05) is 35.7 Å². The van der Waals surface area contributed by atoms with Gasteiger partial charge in [0.05, 0.1) is 5.60 Å². The van der Waals surface area contributed by atoms with E-state index in [-0.39, 0.29) is 0 Å². The molecule has 0 radical (unpaired) electrons. The lowest BCUT2D eigenvalue weighted by molar-refractivity contribution is 0.0996. The van der Waals surface area contributed by atoms with Crippen LogP contribution in [0.2, 0.25) is 0 Å². The van der Waals surface area contributed by atoms with Crippen molar-refractivity contribution in [1.29, 1.82) is 0 Å². The summed E-state index contributed by atoms with van der Waals surface area (Å²) in [5, 5.41) is 16.4. The van der Waals surface area contributed by atoms with Gasteiger partial charge in [0.2, 0.25) is 0 Å². The maximum atomic E-state index is 10.1. The van der Waals surface area contributed by atoms with Crippen molar-refractivity contribution < 1.29 is 5.11 Å². The number of nitrogens with one attached hydrogen (secondary N) is 2. The SMILES string of the molecule is CCNc1ncnc(NCC(C)(O)CSC)c1Br. The van der Waals surface area contributed by atoms with Gasteiger partial charge in [-0.25, -0.2) is 9.97 Å². The van der Waals surface area contributed by atoms with Gasteiger partial charge in [0.1, 0.15) is 22.4 Å². The van der Waals surface area contributed by atoms with Crippen LogP contribution in [0.1, 0.15) is 13.8 Å². The first kappa shape index (κ1) is 15.5. The maximum Gasteiger partial charge on any atom is 0.146 e. The van der Waals surface area contributed by atoms with Crippen LogP contribution in [0.25, 0.3) is 0 Å². The molecular formula is C11H19BrN4OS. The molecule has 0 aliphatic carbocycles. The summed E-state index contributed by atoms with van der Waals surface area (Å²) in [5.41, 5.74) is -0.762. The van der Waals surface area contributed by atoms with E-state index in [1.165, 1.54) is 6.33 Å². The van der Waals surface area contributed by atoms with Crippen LogP contribution in [0.3, 0.4) is 0 Å². The summed E-state index contributed by atoms with van der Waals surface area (Å²) in [6.07, 6.45) is 3.46. The molecule has 0 aliphatic rings. The highest BCUT2D eigenvalue weighted by molar-refractivity contribution is 9.10. The van der Waals surface area contributed by atoms with E-state index >= 15 is 0 Å². The van der Waals surface area contributed by atoms with Crippen molar-refractivity contribution in [2.45, 2.75) is 19.4 Å². The third kappa shape index (κ3) is 4.62. The zero-order chi connectivity index (χ0) is 13.6. The molecule has 1 aromatic rings. The Morgan fingerprint density at radius 2 is 2.00 bits per heavy atom. The molecular weight excluding hydrogens is 316 g/mol. The maximum absolute atomic E-state index is 10.1. The number of anilines is 2. The Bertz CT molecular complexity index is 389. The summed E-state index contributed by atoms with van der Waals surface area (Å²) in [4.78, 5) is 8.29. The molecule has 0 amide bonds. The second-order valence-corrected chi connectivity index (χ2v) is 5.86. The number of rotatable bonds is 7. The second kappa shape index (κ2) is 7.16. The van der Waals surface area contributed by atoms with Gasteiger partial charge in [0, 0.05) is 18.8 Å². The highest BCUT2D eigenvalue weighted by Gasteiger charge is 2.20. The van der Waals surface area contributed by atoms with Gasteiger partial charge in [-0.1, -0.05) is 0 Å². The molecule has 0 fully saturated rings. The minimum Gasteiger partial charge on any atom is -0.387 e. The summed E-state index contributed by atoms with van der Waals surface area (Å²) >= 11 is 5.06. The van der Waals surface area contributed by atoms with Crippen molar-refractivity contribution in [3.8, 4) is 0 Å². The van der Waals surface area contributed by atoms with Gasteiger partial charge >= 0.3 is 0 Å². The topological polar surface area (TPSA) is 70.1 Å². The van der Waals surface area contributed by atoms with Crippen LogP contribution in [-0.4, -0.2) is 45.8 Å². The number of thioether (sulfide) groups is 1. The third-order valence-corrected chi connectivity index (χ3v) is 3.89. The van der Waals surface area contributed by atoms with Crippen molar-refractivity contribution in [3.05, 3.63) is 10.8 Å². The first-order chi connectivity index (χ1) is 8.50. The molecule has 5 nitrogen and oxygen atoms in total. The molecule has 1 unspecified atom stereocenters. The molecule has 0 saturated heterocycles. The van der Waals surface area contributed by atoms with Crippen LogP contribution in [0, 0.1) is 0 Å². The summed E-state index contributed by atoms with van der Waals surface area (Å²) in [5.74, 6) is 2.10. The lowest BCUT2D eigenvalue weighted by Crippen LogP contribution is -2.36. The van der Waals surface area contributed by atoms with Gasteiger partial charge < -0.3 is 15.7 Å². The average molecular weight is 335 g/mol. The quantitative estimate of drug-likeness (QED) is 0.710. The molecule has 0 saturated carbocycles. The van der Waals surface area contributed by atoms with Gasteiger partial charge in [0.25, 0.3) is 0 Å². The average Bonchev–Trinajstić information content (AvgIpc) is 2.30. The Labute approximate surface area is 120 Å². The molecule has 1 aromatic heterocycles. The molecule has 18 heavy (non-hydrogen) atoms. The Balaban J connectivity index is 2.70. The van der Waals surface area contributed by atoms with E-state index < -0.39 is 5.60 Å². The van der Waals surface area contributed by atoms with E-state index in [1.54, 1.807) is 18.7 Å². The van der Waals surface area contributed by atoms with Gasteiger partial charge in [0.15, 0.2) is 0 Å². The Kier molecular flexibility index (Phi) is 6.17. The van der Waals surface area contributed by atoms with E-state index in [1.807, 2.05) is 13.2 Å². The lowest BCUT2D eigenvalue weighted by atomic mass is 10.1. The first-order valence-corrected chi connectivity index (χ1v) is 7.88. The normalized spacial score (nSPS) is 14.1. The van der Waals surface area contributed by atoms with Gasteiger partial charge in [-0.05, 0) is 36.0 Å². The highest BCUT2D eigenvalue weighted by Crippen LogP contribution is 2.26. The standard InChI is InChI=1S/C11H19BrN4OS/c1-4-13-9-8(12)10(16-7-15-9)14-5-11(2,17)6-18-3/h7,17H,4-6H2,1-3H3,(H2,13,14,15,16). The number of hydrogen-bond donors (Lipinski definition) is 3. The molecule has 7 heteroatoms. The van der Waals surface area contributed by atoms with E-state index in [2.05, 4.69) is 36.5 Å². The Hall–Kier alpha value is -0.530. The molecule has 1 atom stereocenters. The van der Waals surface area contributed by atoms with Crippen LogP contribution in [0.15, 0.2) is 10.8 Å². The van der Waals surface area contributed by atoms with Crippen molar-refractivity contribution in [3.63, 3.8) is 0 Å². The monoisotopic (exact) mass is 334 g/mol. The molecule has 0 aromatic carbocycles. The van der Waals surface area contributed by atoms with Crippen molar-refractivity contribution in [1.82, 2.24) is 9.97 Å². The van der Waals surface area contributed by atoms with Crippen LogP contribution in [-0.2, 0) is 0 Å². The Morgan fingerprint density at radius 1 is 1.39 bits per heavy atom. The Morgan fingerprint density at radius 3 is 2.56 bits per heavy atom. The van der Waals surface area contributed by atoms with Crippen LogP contribution < -0.4 is 10.6 Å². The zero-order valence-corrected chi connectivity index (χ0v) is 13.2. The van der Waals surface area contributed by atoms with Crippen LogP contribution in [0.4, 0.5) is 11.6 Å². The second-order valence-electron chi connectivity index (χ2n) is 4.20. The predicted molar refractivity (Wildman–Crippen MR) is 81.4 cm³/mol. The molecule has 3 N–H and O–H groups in total. The van der Waals surface area contributed by atoms with E-state index in [9.17, 15) is 5.11 Å². The summed E-state index contributed by atoms with van der Waals surface area (Å²) in [7, 11) is 0. The molecule has 0 aliphatic heterocycles. The highest BCUT2D eigenvalue weighted by atomic mass is 79.9. The molecule has 0 bridgehead atoms. The fourth-order valence-corrected chi connectivity index (χ4v) is 2.63. The number of halogens is 1. The van der Waals surface area contributed by atoms with Gasteiger partial charge in [-0.15, -0.1) is 0 Å². The fourth-order valence-electron chi connectivity index (χ4n) is 1.42. The summed E-state index contributed by atoms with van der Waals surface area (Å²) in [6, 6.07) is 0. The predicted octanol–water partition coefficient (Wildman–Crippen LogP) is 2.20. The van der Waals surface area contributed by atoms with Gasteiger partial charge in [-0.2, -0.15) is 11.8 Å². The lowest BCUT2D eigenvalue weighted by Gasteiger charge is -2.23. The fraction of sp³-hybridized carbons (Fsp3) is 0.636. The number of hydrogen-bond acceptors (Lipinski definition) is 6. The van der Waals surface area contributed by atoms with E-state index in [0.717, 1.165) is 16.8 Å². The minimum atomic E-state index is -0.762. The van der Waals surface area contributed by atoms with Gasteiger partial charge in [-0.3, -0.25) is 0 Å². The number of aliphatic hydroxyl groups is 1. The van der Waals surface area contributed by atoms with Crippen LogP contribution in [0.5, 0.6) is 0 Å². The summed E-state index contributed by atoms with van der Waals surface area (Å²) < 4.78 is 0.784.